The lowest BCUT2D eigenvalue weighted by Crippen LogP contribution is -2.39. The van der Waals surface area contributed by atoms with Gasteiger partial charge in [-0.05, 0) is 67.8 Å². The highest BCUT2D eigenvalue weighted by Gasteiger charge is 2.40. The van der Waals surface area contributed by atoms with Crippen LogP contribution < -0.4 is 14.8 Å². The molecule has 2 aromatic carbocycles. The maximum Gasteiger partial charge on any atom is 0.253 e. The number of rotatable bonds is 4. The topological polar surface area (TPSA) is 106 Å². The molecule has 1 aromatic heterocycles. The molecule has 3 aliphatic heterocycles. The zero-order valence-corrected chi connectivity index (χ0v) is 24.9. The Morgan fingerprint density at radius 3 is 2.67 bits per heavy atom. The van der Waals surface area contributed by atoms with Crippen molar-refractivity contribution in [3.05, 3.63) is 76.6 Å². The van der Waals surface area contributed by atoms with Crippen molar-refractivity contribution in [2.45, 2.75) is 45.6 Å². The van der Waals surface area contributed by atoms with Crippen molar-refractivity contribution < 1.29 is 23.9 Å². The molecule has 1 N–H and O–H groups in total. The molecule has 10 heteroatoms. The number of carbonyl (C=O) groups is 3. The van der Waals surface area contributed by atoms with Gasteiger partial charge in [0.2, 0.25) is 11.8 Å². The zero-order valence-electron chi connectivity index (χ0n) is 24.9. The van der Waals surface area contributed by atoms with Gasteiger partial charge >= 0.3 is 0 Å². The summed E-state index contributed by atoms with van der Waals surface area (Å²) < 4.78 is 13.6. The predicted octanol–water partition coefficient (Wildman–Crippen LogP) is 3.11. The minimum atomic E-state index is -0.373. The van der Waals surface area contributed by atoms with E-state index in [1.165, 1.54) is 0 Å². The molecule has 2 atom stereocenters. The van der Waals surface area contributed by atoms with E-state index in [1.807, 2.05) is 72.0 Å². The first-order chi connectivity index (χ1) is 20.9. The number of carbonyl (C=O) groups excluding carboxylic acids is 3. The van der Waals surface area contributed by atoms with Gasteiger partial charge in [0.1, 0.15) is 18.1 Å². The van der Waals surface area contributed by atoms with E-state index in [-0.39, 0.29) is 29.6 Å². The number of nitrogens with zero attached hydrogens (tertiary/aromatic N) is 4. The van der Waals surface area contributed by atoms with Crippen LogP contribution in [-0.4, -0.2) is 83.2 Å². The fourth-order valence-corrected chi connectivity index (χ4v) is 6.41. The number of benzene rings is 2. The molecule has 2 bridgehead atoms. The second kappa shape index (κ2) is 12.5. The van der Waals surface area contributed by atoms with Crippen LogP contribution in [0.25, 0.3) is 0 Å². The summed E-state index contributed by atoms with van der Waals surface area (Å²) in [5.74, 6) is 0.912. The Morgan fingerprint density at radius 2 is 1.84 bits per heavy atom. The van der Waals surface area contributed by atoms with Crippen LogP contribution in [0.5, 0.6) is 11.5 Å². The maximum absolute atomic E-state index is 13.5. The first-order valence-electron chi connectivity index (χ1n) is 15.2. The quantitative estimate of drug-likeness (QED) is 0.505. The van der Waals surface area contributed by atoms with Crippen molar-refractivity contribution in [1.82, 2.24) is 24.9 Å². The lowest BCUT2D eigenvalue weighted by molar-refractivity contribution is -0.131. The molecule has 6 rings (SSSR count). The van der Waals surface area contributed by atoms with Crippen molar-refractivity contribution >= 4 is 17.7 Å². The lowest BCUT2D eigenvalue weighted by Gasteiger charge is -2.25. The molecular formula is C33H39N5O5. The fourth-order valence-electron chi connectivity index (χ4n) is 6.41. The summed E-state index contributed by atoms with van der Waals surface area (Å²) >= 11 is 0. The number of likely N-dealkylation sites (tertiary alicyclic amines) is 1. The van der Waals surface area contributed by atoms with Crippen LogP contribution >= 0.6 is 0 Å². The summed E-state index contributed by atoms with van der Waals surface area (Å²) in [5, 5.41) is 7.57. The Bertz CT molecular complexity index is 1520. The Balaban J connectivity index is 1.15. The van der Waals surface area contributed by atoms with Gasteiger partial charge in [-0.25, -0.2) is 0 Å². The van der Waals surface area contributed by atoms with E-state index in [9.17, 15) is 14.4 Å². The number of amides is 3. The number of nitrogens with one attached hydrogen (secondary N) is 1. The van der Waals surface area contributed by atoms with Gasteiger partial charge < -0.3 is 24.6 Å². The van der Waals surface area contributed by atoms with Crippen LogP contribution in [0.15, 0.2) is 48.5 Å². The third kappa shape index (κ3) is 6.38. The monoisotopic (exact) mass is 585 g/mol. The van der Waals surface area contributed by atoms with E-state index in [2.05, 4.69) is 10.4 Å². The number of fused-ring (bicyclic) bond motifs is 5. The van der Waals surface area contributed by atoms with Gasteiger partial charge in [0, 0.05) is 62.7 Å². The maximum atomic E-state index is 13.5. The largest absolute Gasteiger partial charge is 0.493 e. The van der Waals surface area contributed by atoms with Crippen LogP contribution in [0.1, 0.15) is 51.6 Å². The van der Waals surface area contributed by atoms with Crippen molar-refractivity contribution in [1.29, 1.82) is 0 Å². The molecule has 0 unspecified atom stereocenters. The van der Waals surface area contributed by atoms with E-state index in [0.29, 0.717) is 76.6 Å². The molecule has 43 heavy (non-hydrogen) atoms. The summed E-state index contributed by atoms with van der Waals surface area (Å²) in [6.07, 6.45) is 1.74. The second-order valence-electron chi connectivity index (χ2n) is 11.7. The summed E-state index contributed by atoms with van der Waals surface area (Å²) in [7, 11) is 0. The molecule has 3 aliphatic rings. The third-order valence-corrected chi connectivity index (χ3v) is 8.69. The van der Waals surface area contributed by atoms with Gasteiger partial charge in [-0.15, -0.1) is 0 Å². The van der Waals surface area contributed by atoms with Gasteiger partial charge in [-0.2, -0.15) is 5.10 Å². The molecule has 226 valence electrons. The van der Waals surface area contributed by atoms with Gasteiger partial charge in [0.25, 0.3) is 5.91 Å². The molecule has 1 saturated heterocycles. The number of aromatic nitrogens is 2. The molecule has 0 aliphatic carbocycles. The third-order valence-electron chi connectivity index (χ3n) is 8.69. The normalized spacial score (nSPS) is 20.4. The molecule has 0 spiro atoms. The zero-order chi connectivity index (χ0) is 29.9. The van der Waals surface area contributed by atoms with Crippen LogP contribution in [0, 0.1) is 19.8 Å². The van der Waals surface area contributed by atoms with Gasteiger partial charge in [0.05, 0.1) is 24.8 Å². The van der Waals surface area contributed by atoms with Crippen molar-refractivity contribution in [3.63, 3.8) is 0 Å². The molecule has 10 nitrogen and oxygen atoms in total. The number of ether oxygens (including phenoxy) is 2. The molecule has 3 amide bonds. The highest BCUT2D eigenvalue weighted by atomic mass is 16.5. The first-order valence-corrected chi connectivity index (χ1v) is 15.2. The average molecular weight is 586 g/mol. The highest BCUT2D eigenvalue weighted by molar-refractivity contribution is 5.94. The Kier molecular flexibility index (Phi) is 8.35. The summed E-state index contributed by atoms with van der Waals surface area (Å²) in [5.41, 5.74) is 4.61. The molecule has 1 fully saturated rings. The van der Waals surface area contributed by atoms with Gasteiger partial charge in [-0.1, -0.05) is 12.1 Å². The Labute approximate surface area is 251 Å². The standard InChI is InChI=1S/C33H39N5O5/c1-22-17-23(2)38(35-22)13-9-31(39)37-20-28-24-5-3-6-27(19-24)42-16-14-36(12-4-11-34-32(40)29(28)21-37)33(41)26-7-8-30-25(18-26)10-15-43-30/h3,5-8,17-19,28-29H,4,9-16,20-21H2,1-2H3,(H,34,40)/t28-,29+/m1/s1. The SMILES string of the molecule is Cc1cc(C)n(CCC(=O)N2C[C@@H]3C(=O)NCCCN(C(=O)c4ccc5c(c4)CCO5)CCOc4cccc(c4)[C@H]3C2)n1. The summed E-state index contributed by atoms with van der Waals surface area (Å²) in [6.45, 7) is 7.62. The second-order valence-corrected chi connectivity index (χ2v) is 11.7. The predicted molar refractivity (Wildman–Crippen MR) is 160 cm³/mol. The van der Waals surface area contributed by atoms with Crippen LogP contribution in [0.3, 0.4) is 0 Å². The lowest BCUT2D eigenvalue weighted by atomic mass is 9.88. The van der Waals surface area contributed by atoms with Crippen molar-refractivity contribution in [2.75, 3.05) is 45.9 Å². The molecule has 0 radical (unpaired) electrons. The minimum Gasteiger partial charge on any atom is -0.493 e. The van der Waals surface area contributed by atoms with E-state index >= 15 is 0 Å². The number of aryl methyl sites for hydroxylation is 3. The molecular weight excluding hydrogens is 546 g/mol. The Hall–Kier alpha value is -4.34. The Morgan fingerprint density at radius 1 is 0.977 bits per heavy atom. The average Bonchev–Trinajstić information content (AvgIpc) is 3.74. The van der Waals surface area contributed by atoms with E-state index in [4.69, 9.17) is 9.47 Å². The number of hydrogen-bond acceptors (Lipinski definition) is 6. The highest BCUT2D eigenvalue weighted by Crippen LogP contribution is 2.35. The van der Waals surface area contributed by atoms with Crippen LogP contribution in [-0.2, 0) is 22.6 Å². The molecule has 4 heterocycles. The first kappa shape index (κ1) is 28.8. The van der Waals surface area contributed by atoms with Gasteiger partial charge in [-0.3, -0.25) is 19.1 Å². The van der Waals surface area contributed by atoms with Crippen LogP contribution in [0.2, 0.25) is 0 Å². The molecule has 3 aromatic rings. The minimum absolute atomic E-state index is 0.0189. The summed E-state index contributed by atoms with van der Waals surface area (Å²) in [6, 6.07) is 15.4. The van der Waals surface area contributed by atoms with Gasteiger partial charge in [0.15, 0.2) is 0 Å². The summed E-state index contributed by atoms with van der Waals surface area (Å²) in [4.78, 5) is 43.9. The fraction of sp³-hybridized carbons (Fsp3) is 0.455. The van der Waals surface area contributed by atoms with E-state index < -0.39 is 0 Å². The number of hydrogen-bond donors (Lipinski definition) is 1. The smallest absolute Gasteiger partial charge is 0.253 e. The van der Waals surface area contributed by atoms with Crippen molar-refractivity contribution in [3.8, 4) is 11.5 Å². The van der Waals surface area contributed by atoms with E-state index in [0.717, 1.165) is 34.7 Å². The molecule has 0 saturated carbocycles. The van der Waals surface area contributed by atoms with E-state index in [1.54, 1.807) is 4.90 Å². The van der Waals surface area contributed by atoms with Crippen LogP contribution in [0.4, 0.5) is 0 Å². The van der Waals surface area contributed by atoms with Crippen molar-refractivity contribution in [2.24, 2.45) is 5.92 Å².